The Morgan fingerprint density at radius 2 is 1.65 bits per heavy atom. The predicted octanol–water partition coefficient (Wildman–Crippen LogP) is 4.98. The van der Waals surface area contributed by atoms with Crippen LogP contribution in [0.5, 0.6) is 0 Å². The van der Waals surface area contributed by atoms with E-state index in [9.17, 15) is 0 Å². The van der Waals surface area contributed by atoms with Gasteiger partial charge in [0.05, 0.1) is 12.4 Å². The molecule has 4 nitrogen and oxygen atoms in total. The summed E-state index contributed by atoms with van der Waals surface area (Å²) in [6.07, 6.45) is 2.67. The molecule has 0 saturated carbocycles. The van der Waals surface area contributed by atoms with Crippen LogP contribution in [0.15, 0.2) is 15.0 Å². The van der Waals surface area contributed by atoms with Crippen molar-refractivity contribution in [2.45, 2.75) is 76.2 Å². The maximum atomic E-state index is 5.23. The molecule has 0 radical (unpaired) electrons. The van der Waals surface area contributed by atoms with Gasteiger partial charge >= 0.3 is 0 Å². The fourth-order valence-electron chi connectivity index (χ4n) is 0.641. The van der Waals surface area contributed by atoms with Crippen LogP contribution in [0.2, 0.25) is 0 Å². The van der Waals surface area contributed by atoms with Crippen LogP contribution in [0.3, 0.4) is 0 Å². The molecule has 2 N–H and O–H groups in total. The molecule has 0 aromatic carbocycles. The molecular weight excluding hydrogens is 248 g/mol. The Bertz CT molecular complexity index is 215. The molecule has 0 amide bonds. The second-order valence-corrected chi connectivity index (χ2v) is 2.84. The Balaban J connectivity index is -0.0000000528. The number of nitrogens with two attached hydrogens (primary N) is 1. The van der Waals surface area contributed by atoms with E-state index in [0.717, 1.165) is 25.2 Å². The summed E-state index contributed by atoms with van der Waals surface area (Å²) in [6, 6.07) is 0. The Morgan fingerprint density at radius 3 is 1.75 bits per heavy atom. The van der Waals surface area contributed by atoms with Gasteiger partial charge in [0.1, 0.15) is 6.34 Å². The number of rotatable bonds is 2. The highest BCUT2D eigenvalue weighted by Gasteiger charge is 1.89. The molecule has 0 aliphatic carbocycles. The van der Waals surface area contributed by atoms with Crippen LogP contribution in [0.1, 0.15) is 76.2 Å². The third-order valence-corrected chi connectivity index (χ3v) is 1.26. The molecular formula is C16H40N4. The SMILES string of the molecule is C.CC.CC.CC.CC1=NC=NC1.CCCN=C(C)N. The molecule has 0 bridgehead atoms. The maximum Gasteiger partial charge on any atom is 0.110 e. The summed E-state index contributed by atoms with van der Waals surface area (Å²) in [6.45, 7) is 19.5. The quantitative estimate of drug-likeness (QED) is 0.565. The minimum Gasteiger partial charge on any atom is -0.388 e. The summed E-state index contributed by atoms with van der Waals surface area (Å²) < 4.78 is 0. The highest BCUT2D eigenvalue weighted by molar-refractivity contribution is 5.94. The van der Waals surface area contributed by atoms with E-state index in [1.54, 1.807) is 13.3 Å². The van der Waals surface area contributed by atoms with Gasteiger partial charge in [-0.25, -0.2) is 4.99 Å². The molecule has 0 fully saturated rings. The van der Waals surface area contributed by atoms with Crippen molar-refractivity contribution in [3.63, 3.8) is 0 Å². The van der Waals surface area contributed by atoms with Gasteiger partial charge in [-0.3, -0.25) is 9.98 Å². The van der Waals surface area contributed by atoms with E-state index >= 15 is 0 Å². The van der Waals surface area contributed by atoms with Gasteiger partial charge in [-0.2, -0.15) is 0 Å². The minimum atomic E-state index is 0. The fourth-order valence-corrected chi connectivity index (χ4v) is 0.641. The topological polar surface area (TPSA) is 63.1 Å². The van der Waals surface area contributed by atoms with Crippen molar-refractivity contribution in [3.8, 4) is 0 Å². The molecule has 124 valence electrons. The molecule has 0 saturated heterocycles. The number of hydrogen-bond acceptors (Lipinski definition) is 3. The lowest BCUT2D eigenvalue weighted by molar-refractivity contribution is 0.929. The monoisotopic (exact) mass is 288 g/mol. The standard InChI is InChI=1S/C5H12N2.C4H6N2.3C2H6.CH4/c1-3-4-7-5(2)6;1-4-2-5-3-6-4;3*1-2;/h3-4H2,1-2H3,(H2,6,7);3H,2H2,1H3;3*1-2H3;1H4. The zero-order valence-electron chi connectivity index (χ0n) is 14.6. The zero-order valence-corrected chi connectivity index (χ0v) is 14.6. The highest BCUT2D eigenvalue weighted by Crippen LogP contribution is 1.83. The van der Waals surface area contributed by atoms with Crippen LogP contribution in [0.4, 0.5) is 0 Å². The molecule has 0 aromatic rings. The van der Waals surface area contributed by atoms with Crippen molar-refractivity contribution in [3.05, 3.63) is 0 Å². The van der Waals surface area contributed by atoms with Crippen molar-refractivity contribution in [2.75, 3.05) is 13.1 Å². The molecule has 4 heteroatoms. The van der Waals surface area contributed by atoms with Gasteiger partial charge in [0, 0.05) is 12.3 Å². The first kappa shape index (κ1) is 31.3. The van der Waals surface area contributed by atoms with Crippen LogP contribution >= 0.6 is 0 Å². The number of aliphatic imine (C=N–C) groups is 3. The van der Waals surface area contributed by atoms with Crippen molar-refractivity contribution in [2.24, 2.45) is 20.7 Å². The van der Waals surface area contributed by atoms with Gasteiger partial charge < -0.3 is 5.73 Å². The van der Waals surface area contributed by atoms with E-state index in [-0.39, 0.29) is 7.43 Å². The predicted molar refractivity (Wildman–Crippen MR) is 99.7 cm³/mol. The average molecular weight is 289 g/mol. The van der Waals surface area contributed by atoms with Gasteiger partial charge in [-0.15, -0.1) is 0 Å². The number of nitrogens with zero attached hydrogens (tertiary/aromatic N) is 3. The third kappa shape index (κ3) is 43.7. The molecule has 0 atom stereocenters. The van der Waals surface area contributed by atoms with E-state index in [1.165, 1.54) is 0 Å². The van der Waals surface area contributed by atoms with E-state index in [4.69, 9.17) is 5.73 Å². The summed E-state index contributed by atoms with van der Waals surface area (Å²) in [5.74, 6) is 0.682. The van der Waals surface area contributed by atoms with Crippen LogP contribution < -0.4 is 5.73 Å². The van der Waals surface area contributed by atoms with Crippen molar-refractivity contribution in [1.82, 2.24) is 0 Å². The lowest BCUT2D eigenvalue weighted by atomic mass is 10.4. The van der Waals surface area contributed by atoms with Crippen LogP contribution in [0.25, 0.3) is 0 Å². The molecule has 1 rings (SSSR count). The Hall–Kier alpha value is -1.19. The fraction of sp³-hybridized carbons (Fsp3) is 0.812. The normalized spacial score (nSPS) is 10.7. The van der Waals surface area contributed by atoms with Crippen LogP contribution in [-0.2, 0) is 0 Å². The van der Waals surface area contributed by atoms with Gasteiger partial charge in [-0.05, 0) is 20.3 Å². The van der Waals surface area contributed by atoms with E-state index in [2.05, 4.69) is 21.9 Å². The van der Waals surface area contributed by atoms with Gasteiger partial charge in [0.15, 0.2) is 0 Å². The summed E-state index contributed by atoms with van der Waals surface area (Å²) in [4.78, 5) is 11.6. The van der Waals surface area contributed by atoms with Crippen molar-refractivity contribution >= 4 is 17.9 Å². The molecule has 1 heterocycles. The van der Waals surface area contributed by atoms with Crippen LogP contribution in [-0.4, -0.2) is 31.0 Å². The second kappa shape index (κ2) is 36.1. The molecule has 0 spiro atoms. The highest BCUT2D eigenvalue weighted by atomic mass is 14.9. The summed E-state index contributed by atoms with van der Waals surface area (Å²) in [7, 11) is 0. The zero-order chi connectivity index (χ0) is 16.1. The summed E-state index contributed by atoms with van der Waals surface area (Å²) >= 11 is 0. The lowest BCUT2D eigenvalue weighted by Gasteiger charge is -1.86. The molecule has 0 aromatic heterocycles. The van der Waals surface area contributed by atoms with Crippen LogP contribution in [0, 0.1) is 0 Å². The van der Waals surface area contributed by atoms with E-state index in [1.807, 2.05) is 48.5 Å². The van der Waals surface area contributed by atoms with Gasteiger partial charge in [0.25, 0.3) is 0 Å². The summed E-state index contributed by atoms with van der Waals surface area (Å²) in [5, 5.41) is 0. The molecule has 0 unspecified atom stereocenters. The van der Waals surface area contributed by atoms with E-state index in [0.29, 0.717) is 5.84 Å². The van der Waals surface area contributed by atoms with Crippen molar-refractivity contribution < 1.29 is 0 Å². The Labute approximate surface area is 128 Å². The first-order valence-electron chi connectivity index (χ1n) is 7.45. The second-order valence-electron chi connectivity index (χ2n) is 2.84. The molecule has 20 heavy (non-hydrogen) atoms. The number of amidine groups is 1. The minimum absolute atomic E-state index is 0. The maximum absolute atomic E-state index is 5.23. The smallest absolute Gasteiger partial charge is 0.110 e. The largest absolute Gasteiger partial charge is 0.388 e. The first-order chi connectivity index (χ1) is 9.16. The molecule has 1 aliphatic heterocycles. The Kier molecular flexibility index (Phi) is 56.4. The van der Waals surface area contributed by atoms with Gasteiger partial charge in [-0.1, -0.05) is 55.9 Å². The molecule has 1 aliphatic rings. The average Bonchev–Trinajstić information content (AvgIpc) is 2.95. The number of hydrogen-bond donors (Lipinski definition) is 1. The Morgan fingerprint density at radius 1 is 1.20 bits per heavy atom. The van der Waals surface area contributed by atoms with Gasteiger partial charge in [0.2, 0.25) is 0 Å². The van der Waals surface area contributed by atoms with Crippen molar-refractivity contribution in [1.29, 1.82) is 0 Å². The van der Waals surface area contributed by atoms with E-state index < -0.39 is 0 Å². The summed E-state index contributed by atoms with van der Waals surface area (Å²) in [5.41, 5.74) is 6.33. The third-order valence-electron chi connectivity index (χ3n) is 1.26. The first-order valence-corrected chi connectivity index (χ1v) is 7.45. The lowest BCUT2D eigenvalue weighted by Crippen LogP contribution is -2.05.